The molecule has 1 heterocycles. The maximum atomic E-state index is 13.0. The maximum absolute atomic E-state index is 13.0. The van der Waals surface area contributed by atoms with Crippen molar-refractivity contribution in [1.29, 1.82) is 0 Å². The predicted molar refractivity (Wildman–Crippen MR) is 128 cm³/mol. The number of fused-ring (bicyclic) bond motifs is 1. The molecule has 0 fully saturated rings. The molecule has 0 aliphatic carbocycles. The van der Waals surface area contributed by atoms with Crippen LogP contribution in [0.4, 0.5) is 11.4 Å². The number of carbonyl (C=O) groups is 3. The molecule has 33 heavy (non-hydrogen) atoms. The average Bonchev–Trinajstić information content (AvgIpc) is 3.19. The number of carbonyl (C=O) groups excluding carboxylic acids is 3. The molecule has 2 amide bonds. The Morgan fingerprint density at radius 1 is 1.15 bits per heavy atom. The second-order valence-corrected chi connectivity index (χ2v) is 10.4. The minimum atomic E-state index is -3.80. The highest BCUT2D eigenvalue weighted by Crippen LogP contribution is 2.36. The fraction of sp³-hybridized carbons (Fsp3) is 0.348. The van der Waals surface area contributed by atoms with Gasteiger partial charge in [-0.3, -0.25) is 9.59 Å². The van der Waals surface area contributed by atoms with Gasteiger partial charge in [0.05, 0.1) is 22.8 Å². The Labute approximate surface area is 201 Å². The number of benzene rings is 2. The van der Waals surface area contributed by atoms with Gasteiger partial charge in [-0.25, -0.2) is 13.2 Å². The van der Waals surface area contributed by atoms with Gasteiger partial charge in [0.25, 0.3) is 0 Å². The van der Waals surface area contributed by atoms with Gasteiger partial charge in [0.2, 0.25) is 11.8 Å². The zero-order valence-electron chi connectivity index (χ0n) is 18.4. The monoisotopic (exact) mass is 536 g/mol. The van der Waals surface area contributed by atoms with Gasteiger partial charge in [-0.2, -0.15) is 0 Å². The van der Waals surface area contributed by atoms with Gasteiger partial charge >= 0.3 is 5.97 Å². The molecule has 1 aliphatic rings. The molecule has 0 radical (unpaired) electrons. The fourth-order valence-corrected chi connectivity index (χ4v) is 6.03. The van der Waals surface area contributed by atoms with E-state index in [0.29, 0.717) is 35.2 Å². The summed E-state index contributed by atoms with van der Waals surface area (Å²) in [6.45, 7) is 4.21. The van der Waals surface area contributed by atoms with E-state index in [4.69, 9.17) is 4.74 Å². The number of esters is 1. The molecule has 0 unspecified atom stereocenters. The van der Waals surface area contributed by atoms with E-state index in [2.05, 4.69) is 21.2 Å². The van der Waals surface area contributed by atoms with Crippen LogP contribution in [0, 0.1) is 0 Å². The summed E-state index contributed by atoms with van der Waals surface area (Å²) in [5.41, 5.74) is 2.16. The maximum Gasteiger partial charge on any atom is 0.338 e. The number of ether oxygens (including phenoxy) is 1. The summed E-state index contributed by atoms with van der Waals surface area (Å²) >= 11 is 3.33. The van der Waals surface area contributed by atoms with Crippen molar-refractivity contribution in [2.45, 2.75) is 38.0 Å². The summed E-state index contributed by atoms with van der Waals surface area (Å²) in [6.07, 6.45) is 0.718. The van der Waals surface area contributed by atoms with Crippen LogP contribution in [0.15, 0.2) is 45.8 Å². The van der Waals surface area contributed by atoms with Crippen LogP contribution in [0.25, 0.3) is 0 Å². The molecular formula is C23H25BrN2O6S. The van der Waals surface area contributed by atoms with Crippen molar-refractivity contribution in [2.24, 2.45) is 0 Å². The van der Waals surface area contributed by atoms with E-state index in [1.807, 2.05) is 0 Å². The molecule has 0 spiro atoms. The molecule has 3 rings (SSSR count). The second-order valence-electron chi connectivity index (χ2n) is 7.48. The van der Waals surface area contributed by atoms with Crippen molar-refractivity contribution in [3.05, 3.63) is 52.0 Å². The van der Waals surface area contributed by atoms with E-state index in [0.717, 1.165) is 5.56 Å². The van der Waals surface area contributed by atoms with Gasteiger partial charge in [0.1, 0.15) is 0 Å². The van der Waals surface area contributed by atoms with Crippen LogP contribution < -0.4 is 10.2 Å². The lowest BCUT2D eigenvalue weighted by Crippen LogP contribution is -2.28. The summed E-state index contributed by atoms with van der Waals surface area (Å²) < 4.78 is 31.3. The highest BCUT2D eigenvalue weighted by molar-refractivity contribution is 9.10. The number of anilines is 2. The second kappa shape index (κ2) is 10.5. The number of halogens is 1. The highest BCUT2D eigenvalue weighted by atomic mass is 79.9. The zero-order chi connectivity index (χ0) is 24.2. The van der Waals surface area contributed by atoms with Gasteiger partial charge in [0.15, 0.2) is 9.84 Å². The lowest BCUT2D eigenvalue weighted by Gasteiger charge is -2.18. The van der Waals surface area contributed by atoms with Crippen molar-refractivity contribution < 1.29 is 27.5 Å². The third kappa shape index (κ3) is 5.80. The smallest absolute Gasteiger partial charge is 0.338 e. The van der Waals surface area contributed by atoms with Crippen LogP contribution in [0.3, 0.4) is 0 Å². The van der Waals surface area contributed by atoms with E-state index in [-0.39, 0.29) is 29.4 Å². The van der Waals surface area contributed by atoms with E-state index >= 15 is 0 Å². The largest absolute Gasteiger partial charge is 0.462 e. The Morgan fingerprint density at radius 2 is 1.91 bits per heavy atom. The quantitative estimate of drug-likeness (QED) is 0.514. The van der Waals surface area contributed by atoms with Crippen molar-refractivity contribution in [3.8, 4) is 0 Å². The van der Waals surface area contributed by atoms with E-state index < -0.39 is 27.5 Å². The van der Waals surface area contributed by atoms with Crippen LogP contribution in [-0.2, 0) is 30.6 Å². The van der Waals surface area contributed by atoms with Gasteiger partial charge in [-0.05, 0) is 65.2 Å². The number of sulfone groups is 1. The lowest BCUT2D eigenvalue weighted by molar-refractivity contribution is -0.118. The lowest BCUT2D eigenvalue weighted by atomic mass is 10.2. The molecule has 176 valence electrons. The van der Waals surface area contributed by atoms with Crippen LogP contribution in [0.5, 0.6) is 0 Å². The summed E-state index contributed by atoms with van der Waals surface area (Å²) in [7, 11) is -3.80. The summed E-state index contributed by atoms with van der Waals surface area (Å²) in [5, 5.41) is 2.61. The first-order chi connectivity index (χ1) is 15.7. The van der Waals surface area contributed by atoms with Crippen molar-refractivity contribution in [3.63, 3.8) is 0 Å². The van der Waals surface area contributed by atoms with Gasteiger partial charge in [-0.1, -0.05) is 13.0 Å². The number of amides is 2. The zero-order valence-corrected chi connectivity index (χ0v) is 20.8. The minimum absolute atomic E-state index is 0.0501. The van der Waals surface area contributed by atoms with Crippen LogP contribution >= 0.6 is 15.9 Å². The molecule has 2 aromatic rings. The van der Waals surface area contributed by atoms with E-state index in [1.54, 1.807) is 43.0 Å². The Bertz CT molecular complexity index is 1200. The molecule has 8 nitrogen and oxygen atoms in total. The van der Waals surface area contributed by atoms with Crippen LogP contribution in [-0.4, -0.2) is 45.1 Å². The molecule has 10 heteroatoms. The van der Waals surface area contributed by atoms with Gasteiger partial charge in [0, 0.05) is 35.2 Å². The Balaban J connectivity index is 1.71. The first kappa shape index (κ1) is 24.9. The Hall–Kier alpha value is -2.72. The molecule has 1 aliphatic heterocycles. The summed E-state index contributed by atoms with van der Waals surface area (Å²) in [4.78, 5) is 38.1. The number of nitrogens with one attached hydrogen (secondary N) is 1. The number of nitrogens with zero attached hydrogens (tertiary/aromatic N) is 1. The standard InChI is InChI=1S/C23H25BrN2O6S/c1-3-22(28)26-10-8-15-13-18(24)20(14-19(15)26)33(30,31)11-9-21(27)25-17-7-5-6-16(12-17)23(29)32-4-2/h5-7,12-14H,3-4,8-11H2,1-2H3,(H,25,27). The van der Waals surface area contributed by atoms with Crippen LogP contribution in [0.1, 0.15) is 42.6 Å². The van der Waals surface area contributed by atoms with Crippen molar-refractivity contribution >= 4 is 54.9 Å². The molecule has 0 atom stereocenters. The normalized spacial score (nSPS) is 12.9. The third-order valence-electron chi connectivity index (χ3n) is 5.22. The van der Waals surface area contributed by atoms with Crippen LogP contribution in [0.2, 0.25) is 0 Å². The highest BCUT2D eigenvalue weighted by Gasteiger charge is 2.28. The number of hydrogen-bond acceptors (Lipinski definition) is 6. The van der Waals surface area contributed by atoms with E-state index in [1.165, 1.54) is 12.1 Å². The molecule has 0 aromatic heterocycles. The molecule has 1 N–H and O–H groups in total. The molecule has 2 aromatic carbocycles. The molecule has 0 saturated heterocycles. The fourth-order valence-electron chi connectivity index (χ4n) is 3.58. The first-order valence-corrected chi connectivity index (χ1v) is 13.0. The average molecular weight is 537 g/mol. The minimum Gasteiger partial charge on any atom is -0.462 e. The topological polar surface area (TPSA) is 110 Å². The number of rotatable bonds is 8. The molecule has 0 saturated carbocycles. The first-order valence-electron chi connectivity index (χ1n) is 10.6. The summed E-state index contributed by atoms with van der Waals surface area (Å²) in [6, 6.07) is 9.48. The third-order valence-corrected chi connectivity index (χ3v) is 7.89. The Morgan fingerprint density at radius 3 is 2.61 bits per heavy atom. The van der Waals surface area contributed by atoms with E-state index in [9.17, 15) is 22.8 Å². The Kier molecular flexibility index (Phi) is 7.91. The molecule has 0 bridgehead atoms. The predicted octanol–water partition coefficient (Wildman–Crippen LogP) is 3.73. The summed E-state index contributed by atoms with van der Waals surface area (Å²) in [5.74, 6) is -1.48. The van der Waals surface area contributed by atoms with Gasteiger partial charge < -0.3 is 15.0 Å². The molecular weight excluding hydrogens is 512 g/mol. The van der Waals surface area contributed by atoms with Gasteiger partial charge in [-0.15, -0.1) is 0 Å². The SMILES string of the molecule is CCOC(=O)c1cccc(NC(=O)CCS(=O)(=O)c2cc3c(cc2Br)CCN3C(=O)CC)c1. The van der Waals surface area contributed by atoms with Crippen molar-refractivity contribution in [2.75, 3.05) is 29.1 Å². The van der Waals surface area contributed by atoms with Crippen molar-refractivity contribution in [1.82, 2.24) is 0 Å². The number of hydrogen-bond donors (Lipinski definition) is 1.